The number of carbonyl (C=O) groups excluding carboxylic acids is 1. The highest BCUT2D eigenvalue weighted by Gasteiger charge is 2.22. The number of aliphatic hydroxyl groups excluding tert-OH is 1. The van der Waals surface area contributed by atoms with Crippen LogP contribution in [-0.4, -0.2) is 42.0 Å². The predicted molar refractivity (Wildman–Crippen MR) is 63.9 cm³/mol. The molecule has 1 saturated heterocycles. The Hall–Kier alpha value is -1.13. The number of hydrogen-bond acceptors (Lipinski definition) is 4. The predicted octanol–water partition coefficient (Wildman–Crippen LogP) is 1.56. The van der Waals surface area contributed by atoms with Gasteiger partial charge >= 0.3 is 0 Å². The molecule has 1 atom stereocenters. The number of Topliss-reactive ketones (excluding diaryl/α,β-unsaturated/α-hetero) is 1. The Balaban J connectivity index is 1.84. The molecular formula is C13H19NO3. The summed E-state index contributed by atoms with van der Waals surface area (Å²) in [5, 5.41) is 8.94. The van der Waals surface area contributed by atoms with Gasteiger partial charge in [-0.2, -0.15) is 0 Å². The molecule has 0 radical (unpaired) electrons. The summed E-state index contributed by atoms with van der Waals surface area (Å²) in [6.45, 7) is 2.54. The van der Waals surface area contributed by atoms with Gasteiger partial charge in [0.25, 0.3) is 0 Å². The molecule has 1 fully saturated rings. The molecule has 2 rings (SSSR count). The van der Waals surface area contributed by atoms with Crippen molar-refractivity contribution in [3.05, 3.63) is 24.2 Å². The average molecular weight is 237 g/mol. The van der Waals surface area contributed by atoms with Crippen LogP contribution in [0.2, 0.25) is 0 Å². The van der Waals surface area contributed by atoms with Gasteiger partial charge in [-0.25, -0.2) is 0 Å². The summed E-state index contributed by atoms with van der Waals surface area (Å²) in [5.41, 5.74) is 0. The van der Waals surface area contributed by atoms with Crippen molar-refractivity contribution < 1.29 is 14.3 Å². The molecule has 1 aromatic heterocycles. The van der Waals surface area contributed by atoms with E-state index in [4.69, 9.17) is 9.52 Å². The summed E-state index contributed by atoms with van der Waals surface area (Å²) in [6.07, 6.45) is 4.63. The van der Waals surface area contributed by atoms with Gasteiger partial charge in [-0.05, 0) is 43.9 Å². The summed E-state index contributed by atoms with van der Waals surface area (Å²) in [6, 6.07) is 3.44. The van der Waals surface area contributed by atoms with Crippen molar-refractivity contribution in [1.82, 2.24) is 4.90 Å². The normalized spacial score (nSPS) is 21.6. The van der Waals surface area contributed by atoms with Crippen LogP contribution in [0.5, 0.6) is 0 Å². The highest BCUT2D eigenvalue weighted by atomic mass is 16.3. The minimum atomic E-state index is 0.0413. The lowest BCUT2D eigenvalue weighted by Gasteiger charge is -2.31. The van der Waals surface area contributed by atoms with Gasteiger partial charge < -0.3 is 9.52 Å². The van der Waals surface area contributed by atoms with Crippen LogP contribution in [0.3, 0.4) is 0 Å². The molecular weight excluding hydrogens is 218 g/mol. The van der Waals surface area contributed by atoms with Crippen LogP contribution in [0, 0.1) is 5.92 Å². The molecule has 2 heterocycles. The highest BCUT2D eigenvalue weighted by molar-refractivity contribution is 5.94. The van der Waals surface area contributed by atoms with Crippen molar-refractivity contribution in [2.24, 2.45) is 5.92 Å². The second-order valence-electron chi connectivity index (χ2n) is 4.66. The first kappa shape index (κ1) is 12.3. The molecule has 4 nitrogen and oxygen atoms in total. The molecule has 0 aromatic carbocycles. The van der Waals surface area contributed by atoms with E-state index in [1.807, 2.05) is 0 Å². The van der Waals surface area contributed by atoms with Crippen molar-refractivity contribution in [2.75, 3.05) is 26.2 Å². The summed E-state index contributed by atoms with van der Waals surface area (Å²) >= 11 is 0. The van der Waals surface area contributed by atoms with Gasteiger partial charge in [-0.15, -0.1) is 0 Å². The number of piperidine rings is 1. The Bertz CT molecular complexity index is 346. The van der Waals surface area contributed by atoms with Gasteiger partial charge in [0, 0.05) is 13.2 Å². The lowest BCUT2D eigenvalue weighted by atomic mass is 9.95. The van der Waals surface area contributed by atoms with Crippen LogP contribution in [0.15, 0.2) is 22.8 Å². The maximum atomic E-state index is 11.9. The number of likely N-dealkylation sites (tertiary alicyclic amines) is 1. The summed E-state index contributed by atoms with van der Waals surface area (Å²) in [4.78, 5) is 14.0. The molecule has 94 valence electrons. The first-order valence-electron chi connectivity index (χ1n) is 6.19. The third-order valence-electron chi connectivity index (χ3n) is 3.30. The van der Waals surface area contributed by atoms with E-state index < -0.39 is 0 Å². The van der Waals surface area contributed by atoms with E-state index in [1.165, 1.54) is 6.26 Å². The number of hydrogen-bond donors (Lipinski definition) is 1. The standard InChI is InChI=1S/C13H19NO3/c15-7-5-11-3-1-6-14(9-11)10-12(16)13-4-2-8-17-13/h2,4,8,11,15H,1,3,5-7,9-10H2. The molecule has 1 aliphatic rings. The Morgan fingerprint density at radius 3 is 3.18 bits per heavy atom. The zero-order valence-electron chi connectivity index (χ0n) is 9.97. The molecule has 1 N–H and O–H groups in total. The zero-order chi connectivity index (χ0) is 12.1. The zero-order valence-corrected chi connectivity index (χ0v) is 9.97. The third-order valence-corrected chi connectivity index (χ3v) is 3.30. The first-order valence-corrected chi connectivity index (χ1v) is 6.19. The Morgan fingerprint density at radius 1 is 1.59 bits per heavy atom. The van der Waals surface area contributed by atoms with Crippen molar-refractivity contribution in [3.8, 4) is 0 Å². The topological polar surface area (TPSA) is 53.7 Å². The number of aliphatic hydroxyl groups is 1. The monoisotopic (exact) mass is 237 g/mol. The van der Waals surface area contributed by atoms with E-state index in [-0.39, 0.29) is 12.4 Å². The van der Waals surface area contributed by atoms with Crippen LogP contribution in [0.4, 0.5) is 0 Å². The Labute approximate surface area is 101 Å². The molecule has 4 heteroatoms. The number of ketones is 1. The lowest BCUT2D eigenvalue weighted by molar-refractivity contribution is 0.0845. The molecule has 0 saturated carbocycles. The quantitative estimate of drug-likeness (QED) is 0.790. The molecule has 0 bridgehead atoms. The van der Waals surface area contributed by atoms with Gasteiger partial charge in [0.15, 0.2) is 5.76 Å². The Morgan fingerprint density at radius 2 is 2.47 bits per heavy atom. The van der Waals surface area contributed by atoms with Crippen molar-refractivity contribution >= 4 is 5.78 Å². The minimum Gasteiger partial charge on any atom is -0.461 e. The number of nitrogens with zero attached hydrogens (tertiary/aromatic N) is 1. The number of rotatable bonds is 5. The first-order chi connectivity index (χ1) is 8.29. The largest absolute Gasteiger partial charge is 0.461 e. The van der Waals surface area contributed by atoms with E-state index in [2.05, 4.69) is 4.90 Å². The van der Waals surface area contributed by atoms with Crippen LogP contribution >= 0.6 is 0 Å². The van der Waals surface area contributed by atoms with E-state index in [9.17, 15) is 4.79 Å². The van der Waals surface area contributed by atoms with Crippen LogP contribution in [0.1, 0.15) is 29.8 Å². The highest BCUT2D eigenvalue weighted by Crippen LogP contribution is 2.19. The molecule has 1 aromatic rings. The lowest BCUT2D eigenvalue weighted by Crippen LogP contribution is -2.39. The van der Waals surface area contributed by atoms with Gasteiger partial charge in [0.05, 0.1) is 12.8 Å². The summed E-state index contributed by atoms with van der Waals surface area (Å²) in [5.74, 6) is 1.01. The van der Waals surface area contributed by atoms with Crippen molar-refractivity contribution in [2.45, 2.75) is 19.3 Å². The summed E-state index contributed by atoms with van der Waals surface area (Å²) in [7, 11) is 0. The SMILES string of the molecule is O=C(CN1CCCC(CCO)C1)c1ccco1. The second kappa shape index (κ2) is 5.98. The smallest absolute Gasteiger partial charge is 0.211 e. The molecule has 1 unspecified atom stereocenters. The number of carbonyl (C=O) groups is 1. The van der Waals surface area contributed by atoms with Crippen LogP contribution < -0.4 is 0 Å². The van der Waals surface area contributed by atoms with Crippen molar-refractivity contribution in [3.63, 3.8) is 0 Å². The van der Waals surface area contributed by atoms with Crippen molar-refractivity contribution in [1.29, 1.82) is 0 Å². The van der Waals surface area contributed by atoms with Crippen LogP contribution in [0.25, 0.3) is 0 Å². The fourth-order valence-electron chi connectivity index (χ4n) is 2.43. The van der Waals surface area contributed by atoms with Gasteiger partial charge in [0.1, 0.15) is 0 Å². The average Bonchev–Trinajstić information content (AvgIpc) is 2.83. The minimum absolute atomic E-state index is 0.0413. The van der Waals surface area contributed by atoms with Crippen LogP contribution in [-0.2, 0) is 0 Å². The van der Waals surface area contributed by atoms with E-state index >= 15 is 0 Å². The van der Waals surface area contributed by atoms with E-state index in [1.54, 1.807) is 12.1 Å². The summed E-state index contributed by atoms with van der Waals surface area (Å²) < 4.78 is 5.09. The van der Waals surface area contributed by atoms with Gasteiger partial charge in [0.2, 0.25) is 5.78 Å². The Kier molecular flexibility index (Phi) is 4.34. The van der Waals surface area contributed by atoms with Gasteiger partial charge in [-0.3, -0.25) is 9.69 Å². The van der Waals surface area contributed by atoms with E-state index in [0.717, 1.165) is 32.4 Å². The maximum absolute atomic E-state index is 11.9. The molecule has 0 aliphatic carbocycles. The van der Waals surface area contributed by atoms with E-state index in [0.29, 0.717) is 18.2 Å². The second-order valence-corrected chi connectivity index (χ2v) is 4.66. The third kappa shape index (κ3) is 3.41. The molecule has 1 aliphatic heterocycles. The number of furan rings is 1. The fourth-order valence-corrected chi connectivity index (χ4v) is 2.43. The van der Waals surface area contributed by atoms with Gasteiger partial charge in [-0.1, -0.05) is 0 Å². The maximum Gasteiger partial charge on any atom is 0.211 e. The molecule has 0 spiro atoms. The molecule has 0 amide bonds. The fraction of sp³-hybridized carbons (Fsp3) is 0.615. The molecule has 17 heavy (non-hydrogen) atoms.